The molecule has 2 amide bonds. The Bertz CT molecular complexity index is 275. The van der Waals surface area contributed by atoms with E-state index in [0.29, 0.717) is 26.1 Å². The van der Waals surface area contributed by atoms with E-state index in [1.165, 1.54) is 0 Å². The molecule has 1 aliphatic heterocycles. The molecule has 0 radical (unpaired) electrons. The molecule has 13 heavy (non-hydrogen) atoms. The first-order valence-electron chi connectivity index (χ1n) is 4.22. The summed E-state index contributed by atoms with van der Waals surface area (Å²) >= 11 is 0. The third-order valence-electron chi connectivity index (χ3n) is 1.83. The second-order valence-electron chi connectivity index (χ2n) is 2.77. The highest BCUT2D eigenvalue weighted by Gasteiger charge is 2.16. The molecule has 1 saturated heterocycles. The van der Waals surface area contributed by atoms with Gasteiger partial charge in [0.25, 0.3) is 5.91 Å². The summed E-state index contributed by atoms with van der Waals surface area (Å²) in [5, 5.41) is 2.69. The van der Waals surface area contributed by atoms with Crippen molar-refractivity contribution in [2.45, 2.75) is 13.3 Å². The Hall–Kier alpha value is -1.50. The molecule has 0 unspecified atom stereocenters. The van der Waals surface area contributed by atoms with Crippen LogP contribution in [0.1, 0.15) is 13.3 Å². The maximum Gasteiger partial charge on any atom is 0.298 e. The molecule has 0 aromatic carbocycles. The molecule has 0 bridgehead atoms. The molecule has 70 valence electrons. The monoisotopic (exact) mass is 180 g/mol. The summed E-state index contributed by atoms with van der Waals surface area (Å²) < 4.78 is 0. The summed E-state index contributed by atoms with van der Waals surface area (Å²) in [6.07, 6.45) is 0.372. The predicted octanol–water partition coefficient (Wildman–Crippen LogP) is -0.642. The lowest BCUT2D eigenvalue weighted by molar-refractivity contribution is -0.125. The molecule has 1 fully saturated rings. The van der Waals surface area contributed by atoms with Crippen molar-refractivity contribution >= 4 is 11.8 Å². The quantitative estimate of drug-likeness (QED) is 0.504. The number of amides is 2. The van der Waals surface area contributed by atoms with E-state index in [1.807, 2.05) is 0 Å². The molecule has 4 heteroatoms. The number of hydrogen-bond donors (Lipinski definition) is 1. The van der Waals surface area contributed by atoms with E-state index in [-0.39, 0.29) is 11.8 Å². The Labute approximate surface area is 77.3 Å². The van der Waals surface area contributed by atoms with Crippen molar-refractivity contribution in [3.05, 3.63) is 0 Å². The van der Waals surface area contributed by atoms with Crippen molar-refractivity contribution < 1.29 is 9.59 Å². The number of rotatable bonds is 0. The molecule has 1 rings (SSSR count). The first-order chi connectivity index (χ1) is 6.24. The van der Waals surface area contributed by atoms with Crippen LogP contribution in [-0.4, -0.2) is 36.3 Å². The van der Waals surface area contributed by atoms with E-state index in [0.717, 1.165) is 0 Å². The van der Waals surface area contributed by atoms with Gasteiger partial charge in [0, 0.05) is 26.1 Å². The molecular formula is C9H12N2O2. The predicted molar refractivity (Wildman–Crippen MR) is 47.7 cm³/mol. The highest BCUT2D eigenvalue weighted by atomic mass is 16.2. The van der Waals surface area contributed by atoms with Crippen molar-refractivity contribution in [2.24, 2.45) is 0 Å². The van der Waals surface area contributed by atoms with Crippen LogP contribution in [0, 0.1) is 11.8 Å². The standard InChI is InChI=1S/C9H12N2O2/c1-2-3-9(13)11-6-4-8(12)10-5-7-11/h4-7H2,1H3,(H,10,12). The molecule has 0 saturated carbocycles. The highest BCUT2D eigenvalue weighted by molar-refractivity contribution is 5.94. The average molecular weight is 180 g/mol. The van der Waals surface area contributed by atoms with Gasteiger partial charge in [-0.1, -0.05) is 5.92 Å². The average Bonchev–Trinajstić information content (AvgIpc) is 2.30. The molecular weight excluding hydrogens is 168 g/mol. The maximum atomic E-state index is 11.3. The number of nitrogens with zero attached hydrogens (tertiary/aromatic N) is 1. The summed E-state index contributed by atoms with van der Waals surface area (Å²) in [5.74, 6) is 4.81. The minimum atomic E-state index is -0.195. The Morgan fingerprint density at radius 1 is 1.54 bits per heavy atom. The summed E-state index contributed by atoms with van der Waals surface area (Å²) in [6.45, 7) is 3.17. The van der Waals surface area contributed by atoms with Gasteiger partial charge in [0.05, 0.1) is 0 Å². The fourth-order valence-electron chi connectivity index (χ4n) is 1.16. The third kappa shape index (κ3) is 2.79. The second-order valence-corrected chi connectivity index (χ2v) is 2.77. The molecule has 0 aromatic rings. The van der Waals surface area contributed by atoms with Gasteiger partial charge in [0.1, 0.15) is 0 Å². The van der Waals surface area contributed by atoms with Crippen LogP contribution in [0.2, 0.25) is 0 Å². The zero-order chi connectivity index (χ0) is 9.68. The van der Waals surface area contributed by atoms with Crippen LogP contribution in [-0.2, 0) is 9.59 Å². The smallest absolute Gasteiger partial charge is 0.298 e. The first kappa shape index (κ1) is 9.59. The molecule has 0 atom stereocenters. The second kappa shape index (κ2) is 4.51. The lowest BCUT2D eigenvalue weighted by Gasteiger charge is -2.15. The topological polar surface area (TPSA) is 49.4 Å². The van der Waals surface area contributed by atoms with Crippen LogP contribution in [0.5, 0.6) is 0 Å². The van der Waals surface area contributed by atoms with Gasteiger partial charge in [0.15, 0.2) is 0 Å². The van der Waals surface area contributed by atoms with Crippen molar-refractivity contribution in [3.8, 4) is 11.8 Å². The van der Waals surface area contributed by atoms with Gasteiger partial charge in [-0.25, -0.2) is 0 Å². The Kier molecular flexibility index (Phi) is 3.32. The van der Waals surface area contributed by atoms with Crippen molar-refractivity contribution in [2.75, 3.05) is 19.6 Å². The molecule has 0 spiro atoms. The van der Waals surface area contributed by atoms with Crippen LogP contribution >= 0.6 is 0 Å². The fourth-order valence-corrected chi connectivity index (χ4v) is 1.16. The van der Waals surface area contributed by atoms with Gasteiger partial charge >= 0.3 is 0 Å². The Morgan fingerprint density at radius 2 is 2.31 bits per heavy atom. The summed E-state index contributed by atoms with van der Waals surface area (Å²) in [4.78, 5) is 23.8. The number of carbonyl (C=O) groups is 2. The van der Waals surface area contributed by atoms with Crippen molar-refractivity contribution in [3.63, 3.8) is 0 Å². The lowest BCUT2D eigenvalue weighted by Crippen LogP contribution is -2.33. The van der Waals surface area contributed by atoms with Gasteiger partial charge in [-0.05, 0) is 12.8 Å². The van der Waals surface area contributed by atoms with E-state index in [1.54, 1.807) is 11.8 Å². The van der Waals surface area contributed by atoms with Crippen LogP contribution in [0.3, 0.4) is 0 Å². The highest BCUT2D eigenvalue weighted by Crippen LogP contribution is 1.96. The Balaban J connectivity index is 2.54. The zero-order valence-electron chi connectivity index (χ0n) is 7.59. The molecule has 1 aliphatic rings. The van der Waals surface area contributed by atoms with Gasteiger partial charge in [0.2, 0.25) is 5.91 Å². The van der Waals surface area contributed by atoms with Crippen LogP contribution in [0.15, 0.2) is 0 Å². The van der Waals surface area contributed by atoms with Gasteiger partial charge < -0.3 is 10.2 Å². The molecule has 0 aromatic heterocycles. The normalized spacial score (nSPS) is 16.7. The number of carbonyl (C=O) groups excluding carboxylic acids is 2. The summed E-state index contributed by atoms with van der Waals surface area (Å²) in [7, 11) is 0. The summed E-state index contributed by atoms with van der Waals surface area (Å²) in [6, 6.07) is 0. The first-order valence-corrected chi connectivity index (χ1v) is 4.22. The number of nitrogens with one attached hydrogen (secondary N) is 1. The van der Waals surface area contributed by atoms with Gasteiger partial charge in [-0.15, -0.1) is 0 Å². The maximum absolute atomic E-state index is 11.3. The third-order valence-corrected chi connectivity index (χ3v) is 1.83. The largest absolute Gasteiger partial charge is 0.354 e. The van der Waals surface area contributed by atoms with E-state index < -0.39 is 0 Å². The van der Waals surface area contributed by atoms with Gasteiger partial charge in [-0.2, -0.15) is 0 Å². The zero-order valence-corrected chi connectivity index (χ0v) is 7.59. The minimum absolute atomic E-state index is 0.000224. The van der Waals surface area contributed by atoms with E-state index >= 15 is 0 Å². The van der Waals surface area contributed by atoms with E-state index in [9.17, 15) is 9.59 Å². The molecule has 1 N–H and O–H groups in total. The summed E-state index contributed by atoms with van der Waals surface area (Å²) in [5.41, 5.74) is 0. The molecule has 0 aliphatic carbocycles. The fraction of sp³-hybridized carbons (Fsp3) is 0.556. The molecule has 1 heterocycles. The van der Waals surface area contributed by atoms with E-state index in [2.05, 4.69) is 17.2 Å². The van der Waals surface area contributed by atoms with Crippen LogP contribution in [0.25, 0.3) is 0 Å². The lowest BCUT2D eigenvalue weighted by atomic mass is 10.3. The van der Waals surface area contributed by atoms with Crippen LogP contribution < -0.4 is 5.32 Å². The van der Waals surface area contributed by atoms with Crippen molar-refractivity contribution in [1.29, 1.82) is 0 Å². The van der Waals surface area contributed by atoms with Crippen LogP contribution in [0.4, 0.5) is 0 Å². The SMILES string of the molecule is CC#CC(=O)N1CCNC(=O)CC1. The Morgan fingerprint density at radius 3 is 3.00 bits per heavy atom. The minimum Gasteiger partial charge on any atom is -0.354 e. The van der Waals surface area contributed by atoms with E-state index in [4.69, 9.17) is 0 Å². The number of hydrogen-bond acceptors (Lipinski definition) is 2. The molecule has 4 nitrogen and oxygen atoms in total. The van der Waals surface area contributed by atoms with Gasteiger partial charge in [-0.3, -0.25) is 9.59 Å². The van der Waals surface area contributed by atoms with Crippen molar-refractivity contribution in [1.82, 2.24) is 10.2 Å².